The lowest BCUT2D eigenvalue weighted by Crippen LogP contribution is -2.40. The third kappa shape index (κ3) is 5.26. The molecule has 8 nitrogen and oxygen atoms in total. The second-order valence-corrected chi connectivity index (χ2v) is 9.15. The Balaban J connectivity index is 1.64. The van der Waals surface area contributed by atoms with Crippen molar-refractivity contribution in [1.82, 2.24) is 19.4 Å². The van der Waals surface area contributed by atoms with Crippen LogP contribution >= 0.6 is 0 Å². The van der Waals surface area contributed by atoms with Crippen molar-refractivity contribution in [3.05, 3.63) is 11.9 Å². The number of likely N-dealkylation sites (N-methyl/N-ethyl adjacent to an activating group) is 1. The van der Waals surface area contributed by atoms with Gasteiger partial charge >= 0.3 is 0 Å². The molecule has 1 atom stereocenters. The third-order valence-electron chi connectivity index (χ3n) is 4.98. The zero-order valence-corrected chi connectivity index (χ0v) is 16.6. The van der Waals surface area contributed by atoms with E-state index >= 15 is 0 Å². The highest BCUT2D eigenvalue weighted by atomic mass is 32.2. The van der Waals surface area contributed by atoms with Crippen molar-refractivity contribution in [2.45, 2.75) is 37.2 Å². The average molecular weight is 387 g/mol. The van der Waals surface area contributed by atoms with Gasteiger partial charge in [-0.15, -0.1) is 0 Å². The fourth-order valence-corrected chi connectivity index (χ4v) is 4.33. The Morgan fingerprint density at radius 3 is 2.73 bits per heavy atom. The molecule has 1 unspecified atom stereocenters. The van der Waals surface area contributed by atoms with Crippen molar-refractivity contribution in [3.8, 4) is 0 Å². The molecule has 3 heterocycles. The molecule has 2 fully saturated rings. The van der Waals surface area contributed by atoms with Gasteiger partial charge < -0.3 is 14.0 Å². The summed E-state index contributed by atoms with van der Waals surface area (Å²) < 4.78 is 37.1. The van der Waals surface area contributed by atoms with E-state index in [1.165, 1.54) is 6.26 Å². The molecule has 3 rings (SSSR count). The first-order valence-electron chi connectivity index (χ1n) is 9.28. The van der Waals surface area contributed by atoms with Gasteiger partial charge in [0.1, 0.15) is 0 Å². The minimum absolute atomic E-state index is 0.0714. The van der Waals surface area contributed by atoms with E-state index in [0.717, 1.165) is 64.5 Å². The smallest absolute Gasteiger partial charge is 0.227 e. The topological polar surface area (TPSA) is 76.9 Å². The highest BCUT2D eigenvalue weighted by molar-refractivity contribution is 7.90. The second-order valence-electron chi connectivity index (χ2n) is 7.24. The molecule has 0 aliphatic carbocycles. The zero-order valence-electron chi connectivity index (χ0n) is 15.8. The Morgan fingerprint density at radius 1 is 1.31 bits per heavy atom. The molecule has 2 aliphatic heterocycles. The summed E-state index contributed by atoms with van der Waals surface area (Å²) in [6, 6.07) is 0. The number of morpholine rings is 1. The van der Waals surface area contributed by atoms with E-state index in [-0.39, 0.29) is 11.3 Å². The predicted molar refractivity (Wildman–Crippen MR) is 97.9 cm³/mol. The number of rotatable bonds is 8. The molecule has 0 amide bonds. The zero-order chi connectivity index (χ0) is 18.6. The first kappa shape index (κ1) is 19.8. The van der Waals surface area contributed by atoms with Gasteiger partial charge in [0.2, 0.25) is 15.0 Å². The van der Waals surface area contributed by atoms with Crippen LogP contribution in [0.4, 0.5) is 0 Å². The molecule has 148 valence electrons. The Morgan fingerprint density at radius 2 is 2.08 bits per heavy atom. The SMILES string of the molecule is CN(CCN1CCOCC1)Cc1cnc(S(C)(=O)=O)n1CC1CCCO1. The van der Waals surface area contributed by atoms with Gasteiger partial charge in [-0.1, -0.05) is 0 Å². The molecule has 26 heavy (non-hydrogen) atoms. The van der Waals surface area contributed by atoms with E-state index in [2.05, 4.69) is 21.8 Å². The van der Waals surface area contributed by atoms with Crippen molar-refractivity contribution in [1.29, 1.82) is 0 Å². The number of sulfone groups is 1. The lowest BCUT2D eigenvalue weighted by molar-refractivity contribution is 0.0340. The summed E-state index contributed by atoms with van der Waals surface area (Å²) >= 11 is 0. The van der Waals surface area contributed by atoms with Gasteiger partial charge in [-0.3, -0.25) is 9.80 Å². The van der Waals surface area contributed by atoms with Crippen LogP contribution in [0.2, 0.25) is 0 Å². The summed E-state index contributed by atoms with van der Waals surface area (Å²) in [7, 11) is -1.30. The number of hydrogen-bond acceptors (Lipinski definition) is 7. The van der Waals surface area contributed by atoms with E-state index in [1.54, 1.807) is 6.20 Å². The molecule has 2 aliphatic rings. The van der Waals surface area contributed by atoms with E-state index in [1.807, 2.05) is 4.57 Å². The number of hydrogen-bond donors (Lipinski definition) is 0. The predicted octanol–water partition coefficient (Wildman–Crippen LogP) is 0.230. The lowest BCUT2D eigenvalue weighted by atomic mass is 10.2. The minimum atomic E-state index is -3.36. The van der Waals surface area contributed by atoms with E-state index < -0.39 is 9.84 Å². The quantitative estimate of drug-likeness (QED) is 0.633. The molecule has 0 spiro atoms. The normalized spacial score (nSPS) is 22.3. The van der Waals surface area contributed by atoms with Crippen LogP contribution in [-0.4, -0.2) is 93.2 Å². The van der Waals surface area contributed by atoms with Gasteiger partial charge in [0.05, 0.1) is 37.8 Å². The number of nitrogens with zero attached hydrogens (tertiary/aromatic N) is 4. The summed E-state index contributed by atoms with van der Waals surface area (Å²) in [6.07, 6.45) is 4.97. The summed E-state index contributed by atoms with van der Waals surface area (Å²) in [6.45, 7) is 7.42. The van der Waals surface area contributed by atoms with Crippen molar-refractivity contribution in [2.75, 3.05) is 59.3 Å². The molecular weight excluding hydrogens is 356 g/mol. The van der Waals surface area contributed by atoms with Crippen LogP contribution in [0.15, 0.2) is 11.4 Å². The first-order chi connectivity index (χ1) is 12.4. The molecule has 0 aromatic carbocycles. The van der Waals surface area contributed by atoms with Crippen LogP contribution in [0.3, 0.4) is 0 Å². The highest BCUT2D eigenvalue weighted by Gasteiger charge is 2.24. The molecule has 9 heteroatoms. The Labute approximate surface area is 156 Å². The Kier molecular flexibility index (Phi) is 6.68. The van der Waals surface area contributed by atoms with E-state index in [0.29, 0.717) is 13.1 Å². The summed E-state index contributed by atoms with van der Waals surface area (Å²) in [5, 5.41) is 0.143. The Hall–Kier alpha value is -1.00. The van der Waals surface area contributed by atoms with E-state index in [4.69, 9.17) is 9.47 Å². The summed E-state index contributed by atoms with van der Waals surface area (Å²) in [4.78, 5) is 8.81. The van der Waals surface area contributed by atoms with Gasteiger partial charge in [0.25, 0.3) is 0 Å². The van der Waals surface area contributed by atoms with Crippen LogP contribution in [0.1, 0.15) is 18.5 Å². The fraction of sp³-hybridized carbons (Fsp3) is 0.824. The monoisotopic (exact) mass is 386 g/mol. The molecule has 0 radical (unpaired) electrons. The second kappa shape index (κ2) is 8.79. The van der Waals surface area contributed by atoms with Gasteiger partial charge in [0.15, 0.2) is 0 Å². The van der Waals surface area contributed by atoms with Gasteiger partial charge in [-0.05, 0) is 19.9 Å². The molecular formula is C17H30N4O4S. The molecule has 1 aromatic heterocycles. The molecule has 0 saturated carbocycles. The van der Waals surface area contributed by atoms with Gasteiger partial charge in [-0.25, -0.2) is 13.4 Å². The molecule has 1 aromatic rings. The van der Waals surface area contributed by atoms with Crippen LogP contribution < -0.4 is 0 Å². The maximum Gasteiger partial charge on any atom is 0.227 e. The fourth-order valence-electron chi connectivity index (χ4n) is 3.49. The van der Waals surface area contributed by atoms with Crippen molar-refractivity contribution in [3.63, 3.8) is 0 Å². The molecule has 2 saturated heterocycles. The largest absolute Gasteiger partial charge is 0.379 e. The third-order valence-corrected chi connectivity index (χ3v) is 5.97. The minimum Gasteiger partial charge on any atom is -0.379 e. The van der Waals surface area contributed by atoms with Crippen LogP contribution in [-0.2, 0) is 32.4 Å². The van der Waals surface area contributed by atoms with Crippen LogP contribution in [0.5, 0.6) is 0 Å². The lowest BCUT2D eigenvalue weighted by Gasteiger charge is -2.28. The number of imidazole rings is 1. The molecule has 0 N–H and O–H groups in total. The summed E-state index contributed by atoms with van der Waals surface area (Å²) in [5.41, 5.74) is 0.922. The van der Waals surface area contributed by atoms with Gasteiger partial charge in [-0.2, -0.15) is 0 Å². The van der Waals surface area contributed by atoms with Crippen molar-refractivity contribution in [2.24, 2.45) is 0 Å². The van der Waals surface area contributed by atoms with E-state index in [9.17, 15) is 8.42 Å². The number of aromatic nitrogens is 2. The Bertz CT molecular complexity index is 679. The van der Waals surface area contributed by atoms with Gasteiger partial charge in [0, 0.05) is 45.6 Å². The number of ether oxygens (including phenoxy) is 2. The van der Waals surface area contributed by atoms with Crippen molar-refractivity contribution >= 4 is 9.84 Å². The highest BCUT2D eigenvalue weighted by Crippen LogP contribution is 2.19. The average Bonchev–Trinajstić information content (AvgIpc) is 3.24. The molecule has 0 bridgehead atoms. The first-order valence-corrected chi connectivity index (χ1v) is 11.2. The summed E-state index contributed by atoms with van der Waals surface area (Å²) in [5.74, 6) is 0. The standard InChI is InChI=1S/C17H30N4O4S/c1-19(5-6-20-7-10-24-11-8-20)13-15-12-18-17(26(2,22)23)21(15)14-16-4-3-9-25-16/h12,16H,3-11,13-14H2,1-2H3. The van der Waals surface area contributed by atoms with Crippen LogP contribution in [0.25, 0.3) is 0 Å². The maximum atomic E-state index is 12.1. The van der Waals surface area contributed by atoms with Crippen molar-refractivity contribution < 1.29 is 17.9 Å². The van der Waals surface area contributed by atoms with Crippen LogP contribution in [0, 0.1) is 0 Å². The maximum absolute atomic E-state index is 12.1.